The maximum Gasteiger partial charge on any atom is 0.327 e. The fraction of sp³-hybridized carbons (Fsp3) is 0.273. The van der Waals surface area contributed by atoms with E-state index < -0.39 is 11.2 Å². The van der Waals surface area contributed by atoms with Crippen molar-refractivity contribution in [2.75, 3.05) is 0 Å². The summed E-state index contributed by atoms with van der Waals surface area (Å²) in [6, 6.07) is 1.87. The molecule has 0 bridgehead atoms. The Morgan fingerprint density at radius 3 is 2.79 bits per heavy atom. The summed E-state index contributed by atoms with van der Waals surface area (Å²) in [6.45, 7) is 4.54. The topological polar surface area (TPSA) is 112 Å². The van der Waals surface area contributed by atoms with E-state index in [-0.39, 0.29) is 11.2 Å². The zero-order valence-electron chi connectivity index (χ0n) is 10.4. The first-order valence-corrected chi connectivity index (χ1v) is 5.85. The monoisotopic (exact) mass is 260 g/mol. The Kier molecular flexibility index (Phi) is 2.37. The van der Waals surface area contributed by atoms with Crippen molar-refractivity contribution in [2.24, 2.45) is 0 Å². The van der Waals surface area contributed by atoms with Gasteiger partial charge in [0.15, 0.2) is 11.5 Å². The van der Waals surface area contributed by atoms with E-state index in [4.69, 9.17) is 0 Å². The molecular formula is C11H12N6O2. The van der Waals surface area contributed by atoms with Gasteiger partial charge in [0.25, 0.3) is 5.56 Å². The molecule has 3 rings (SSSR count). The molecule has 0 fully saturated rings. The first-order valence-electron chi connectivity index (χ1n) is 5.85. The van der Waals surface area contributed by atoms with E-state index in [2.05, 4.69) is 25.0 Å². The van der Waals surface area contributed by atoms with Crippen LogP contribution in [0.5, 0.6) is 0 Å². The van der Waals surface area contributed by atoms with Crippen LogP contribution in [-0.2, 0) is 6.54 Å². The number of hydrogen-bond donors (Lipinski definition) is 3. The lowest BCUT2D eigenvalue weighted by Gasteiger charge is -1.99. The molecule has 0 aliphatic carbocycles. The highest BCUT2D eigenvalue weighted by Gasteiger charge is 2.13. The lowest BCUT2D eigenvalue weighted by Crippen LogP contribution is -2.21. The summed E-state index contributed by atoms with van der Waals surface area (Å²) in [5.41, 5.74) is 1.06. The number of nitrogens with one attached hydrogen (secondary N) is 3. The van der Waals surface area contributed by atoms with E-state index in [0.717, 1.165) is 11.4 Å². The second-order valence-electron chi connectivity index (χ2n) is 4.20. The first kappa shape index (κ1) is 11.5. The molecule has 3 N–H and O–H groups in total. The third kappa shape index (κ3) is 1.77. The third-order valence-corrected chi connectivity index (χ3v) is 2.83. The molecule has 0 saturated carbocycles. The second kappa shape index (κ2) is 3.94. The first-order chi connectivity index (χ1) is 9.08. The standard InChI is InChI=1S/C11H12N6O2/c1-3-17-6(4-5(2)16-17)8-12-7-9(13-8)14-11(19)15-10(7)18/h4H,3H2,1-2H3,(H3,12,13,14,15,18,19). The number of nitrogens with zero attached hydrogens (tertiary/aromatic N) is 3. The predicted octanol–water partition coefficient (Wildman–Crippen LogP) is 0.131. The fourth-order valence-electron chi connectivity index (χ4n) is 2.03. The number of aryl methyl sites for hydroxylation is 2. The Labute approximate surface area is 106 Å². The molecule has 98 valence electrons. The van der Waals surface area contributed by atoms with E-state index in [1.54, 1.807) is 4.68 Å². The van der Waals surface area contributed by atoms with Crippen molar-refractivity contribution in [3.63, 3.8) is 0 Å². The van der Waals surface area contributed by atoms with Gasteiger partial charge in [0.05, 0.1) is 5.69 Å². The summed E-state index contributed by atoms with van der Waals surface area (Å²) >= 11 is 0. The van der Waals surface area contributed by atoms with E-state index >= 15 is 0 Å². The van der Waals surface area contributed by atoms with Crippen LogP contribution in [0.4, 0.5) is 0 Å². The van der Waals surface area contributed by atoms with Crippen LogP contribution in [0.1, 0.15) is 12.6 Å². The summed E-state index contributed by atoms with van der Waals surface area (Å²) in [7, 11) is 0. The van der Waals surface area contributed by atoms with Gasteiger partial charge < -0.3 is 4.98 Å². The van der Waals surface area contributed by atoms with E-state index in [9.17, 15) is 9.59 Å². The quantitative estimate of drug-likeness (QED) is 0.608. The molecular weight excluding hydrogens is 248 g/mol. The van der Waals surface area contributed by atoms with Crippen LogP contribution in [0, 0.1) is 6.92 Å². The van der Waals surface area contributed by atoms with Gasteiger partial charge in [0.2, 0.25) is 0 Å². The van der Waals surface area contributed by atoms with Gasteiger partial charge in [0.1, 0.15) is 11.2 Å². The van der Waals surface area contributed by atoms with Crippen LogP contribution in [0.2, 0.25) is 0 Å². The van der Waals surface area contributed by atoms with E-state index in [0.29, 0.717) is 12.4 Å². The molecule has 0 radical (unpaired) electrons. The Morgan fingerprint density at radius 2 is 2.05 bits per heavy atom. The number of aromatic amines is 3. The minimum Gasteiger partial charge on any atom is -0.331 e. The Bertz CT molecular complexity index is 865. The van der Waals surface area contributed by atoms with Crippen molar-refractivity contribution in [2.45, 2.75) is 20.4 Å². The number of H-pyrrole nitrogens is 3. The van der Waals surface area contributed by atoms with Crippen LogP contribution in [0.25, 0.3) is 22.7 Å². The number of hydrogen-bond acceptors (Lipinski definition) is 4. The van der Waals surface area contributed by atoms with Crippen LogP contribution < -0.4 is 11.2 Å². The average Bonchev–Trinajstić information content (AvgIpc) is 2.91. The van der Waals surface area contributed by atoms with Crippen LogP contribution in [-0.4, -0.2) is 29.7 Å². The van der Waals surface area contributed by atoms with Gasteiger partial charge in [-0.3, -0.25) is 19.4 Å². The van der Waals surface area contributed by atoms with Gasteiger partial charge >= 0.3 is 5.69 Å². The minimum absolute atomic E-state index is 0.241. The largest absolute Gasteiger partial charge is 0.331 e. The number of aromatic nitrogens is 6. The summed E-state index contributed by atoms with van der Waals surface area (Å²) in [5, 5.41) is 4.31. The molecule has 0 atom stereocenters. The molecule has 8 heteroatoms. The van der Waals surface area contributed by atoms with Crippen LogP contribution in [0.3, 0.4) is 0 Å². The van der Waals surface area contributed by atoms with E-state index in [1.165, 1.54) is 0 Å². The molecule has 0 aliphatic heterocycles. The predicted molar refractivity (Wildman–Crippen MR) is 69.0 cm³/mol. The zero-order valence-corrected chi connectivity index (χ0v) is 10.4. The molecule has 0 saturated heterocycles. The summed E-state index contributed by atoms with van der Waals surface area (Å²) in [4.78, 5) is 34.6. The van der Waals surface area contributed by atoms with Crippen LogP contribution in [0.15, 0.2) is 15.7 Å². The highest BCUT2D eigenvalue weighted by atomic mass is 16.2. The lowest BCUT2D eigenvalue weighted by molar-refractivity contribution is 0.658. The fourth-order valence-corrected chi connectivity index (χ4v) is 2.03. The lowest BCUT2D eigenvalue weighted by atomic mass is 10.3. The molecule has 3 aromatic heterocycles. The molecule has 0 spiro atoms. The molecule has 0 amide bonds. The van der Waals surface area contributed by atoms with Crippen molar-refractivity contribution in [3.05, 3.63) is 32.6 Å². The van der Waals surface area contributed by atoms with Crippen molar-refractivity contribution in [1.29, 1.82) is 0 Å². The number of rotatable bonds is 2. The molecule has 19 heavy (non-hydrogen) atoms. The molecule has 8 nitrogen and oxygen atoms in total. The smallest absolute Gasteiger partial charge is 0.327 e. The highest BCUT2D eigenvalue weighted by molar-refractivity contribution is 5.73. The zero-order chi connectivity index (χ0) is 13.6. The Morgan fingerprint density at radius 1 is 1.26 bits per heavy atom. The van der Waals surface area contributed by atoms with Gasteiger partial charge in [-0.15, -0.1) is 0 Å². The summed E-state index contributed by atoms with van der Waals surface area (Å²) in [6.07, 6.45) is 0. The van der Waals surface area contributed by atoms with Crippen molar-refractivity contribution in [3.8, 4) is 11.5 Å². The SMILES string of the molecule is CCn1nc(C)cc1-c1nc2[nH]c(=O)[nH]c(=O)c2[nH]1. The van der Waals surface area contributed by atoms with Gasteiger partial charge in [-0.05, 0) is 19.9 Å². The average molecular weight is 260 g/mol. The Hall–Kier alpha value is -2.64. The van der Waals surface area contributed by atoms with Crippen LogP contribution >= 0.6 is 0 Å². The van der Waals surface area contributed by atoms with E-state index in [1.807, 2.05) is 19.9 Å². The maximum atomic E-state index is 11.6. The molecule has 0 aliphatic rings. The minimum atomic E-state index is -0.573. The highest BCUT2D eigenvalue weighted by Crippen LogP contribution is 2.18. The Balaban J connectivity index is 2.29. The molecule has 3 aromatic rings. The van der Waals surface area contributed by atoms with Gasteiger partial charge in [0, 0.05) is 6.54 Å². The number of fused-ring (bicyclic) bond motifs is 1. The van der Waals surface area contributed by atoms with Crippen molar-refractivity contribution in [1.82, 2.24) is 29.7 Å². The summed E-state index contributed by atoms with van der Waals surface area (Å²) < 4.78 is 1.78. The molecule has 3 heterocycles. The van der Waals surface area contributed by atoms with Gasteiger partial charge in [-0.25, -0.2) is 9.78 Å². The summed E-state index contributed by atoms with van der Waals surface area (Å²) in [5.74, 6) is 0.504. The van der Waals surface area contributed by atoms with Gasteiger partial charge in [-0.1, -0.05) is 0 Å². The third-order valence-electron chi connectivity index (χ3n) is 2.83. The van der Waals surface area contributed by atoms with Crippen molar-refractivity contribution >= 4 is 11.2 Å². The molecule has 0 aromatic carbocycles. The van der Waals surface area contributed by atoms with Gasteiger partial charge in [-0.2, -0.15) is 5.10 Å². The normalized spacial score (nSPS) is 11.3. The molecule has 0 unspecified atom stereocenters. The second-order valence-corrected chi connectivity index (χ2v) is 4.20. The maximum absolute atomic E-state index is 11.6. The number of imidazole rings is 1. The van der Waals surface area contributed by atoms with Crippen molar-refractivity contribution < 1.29 is 0 Å².